The number of rotatable bonds is 3. The van der Waals surface area contributed by atoms with Crippen LogP contribution in [0, 0.1) is 0 Å². The largest absolute Gasteiger partial charge is 0.480 e. The number of nitrogens with two attached hydrogens (primary N) is 1. The highest BCUT2D eigenvalue weighted by Gasteiger charge is 2.15. The summed E-state index contributed by atoms with van der Waals surface area (Å²) >= 11 is 11.8. The smallest absolute Gasteiger partial charge is 0.320 e. The second kappa shape index (κ2) is 4.56. The van der Waals surface area contributed by atoms with Gasteiger partial charge < -0.3 is 15.8 Å². The zero-order valence-corrected chi connectivity index (χ0v) is 10.2. The second-order valence-electron chi connectivity index (χ2n) is 3.77. The fraction of sp³-hybridized carbons (Fsp3) is 0.182. The van der Waals surface area contributed by atoms with Gasteiger partial charge in [-0.1, -0.05) is 23.2 Å². The Morgan fingerprint density at radius 2 is 2.06 bits per heavy atom. The van der Waals surface area contributed by atoms with Crippen molar-refractivity contribution in [3.63, 3.8) is 0 Å². The molecule has 0 amide bonds. The molecule has 4 nitrogen and oxygen atoms in total. The number of H-pyrrole nitrogens is 1. The lowest BCUT2D eigenvalue weighted by Gasteiger charge is -2.05. The average Bonchev–Trinajstić information content (AvgIpc) is 2.62. The van der Waals surface area contributed by atoms with Gasteiger partial charge in [-0.05, 0) is 17.7 Å². The molecule has 0 aliphatic heterocycles. The number of hydrogen-bond donors (Lipinski definition) is 3. The minimum atomic E-state index is -1.03. The lowest BCUT2D eigenvalue weighted by Crippen LogP contribution is -2.32. The van der Waals surface area contributed by atoms with Crippen molar-refractivity contribution in [2.24, 2.45) is 5.73 Å². The summed E-state index contributed by atoms with van der Waals surface area (Å²) in [5, 5.41) is 10.5. The van der Waals surface area contributed by atoms with E-state index in [0.717, 1.165) is 16.5 Å². The maximum atomic E-state index is 10.7. The van der Waals surface area contributed by atoms with Gasteiger partial charge in [-0.15, -0.1) is 0 Å². The van der Waals surface area contributed by atoms with E-state index in [4.69, 9.17) is 34.0 Å². The summed E-state index contributed by atoms with van der Waals surface area (Å²) in [5.41, 5.74) is 7.12. The standard InChI is InChI=1S/C11H10Cl2N2O2/c12-7-2-6-5(1-9(14)11(16)17)4-15-10(6)3-8(7)13/h2-4,9,15H,1,14H2,(H,16,17). The zero-order valence-electron chi connectivity index (χ0n) is 8.71. The molecular weight excluding hydrogens is 263 g/mol. The summed E-state index contributed by atoms with van der Waals surface area (Å²) in [7, 11) is 0. The number of hydrogen-bond acceptors (Lipinski definition) is 2. The molecule has 1 atom stereocenters. The van der Waals surface area contributed by atoms with Crippen molar-refractivity contribution in [2.45, 2.75) is 12.5 Å². The maximum absolute atomic E-state index is 10.7. The van der Waals surface area contributed by atoms with Gasteiger partial charge in [0.1, 0.15) is 6.04 Å². The summed E-state index contributed by atoms with van der Waals surface area (Å²) in [6.45, 7) is 0. The molecule has 1 heterocycles. The van der Waals surface area contributed by atoms with Gasteiger partial charge in [0, 0.05) is 23.5 Å². The van der Waals surface area contributed by atoms with Gasteiger partial charge >= 0.3 is 5.97 Å². The Balaban J connectivity index is 2.42. The molecule has 0 spiro atoms. The molecule has 17 heavy (non-hydrogen) atoms. The van der Waals surface area contributed by atoms with Crippen LogP contribution in [-0.4, -0.2) is 22.1 Å². The first-order valence-electron chi connectivity index (χ1n) is 4.92. The van der Waals surface area contributed by atoms with Crippen LogP contribution in [0.25, 0.3) is 10.9 Å². The number of carbonyl (C=O) groups is 1. The zero-order chi connectivity index (χ0) is 12.6. The Morgan fingerprint density at radius 1 is 1.41 bits per heavy atom. The molecule has 4 N–H and O–H groups in total. The van der Waals surface area contributed by atoms with Crippen molar-refractivity contribution in [1.29, 1.82) is 0 Å². The number of aromatic amines is 1. The van der Waals surface area contributed by atoms with E-state index in [0.29, 0.717) is 10.0 Å². The fourth-order valence-corrected chi connectivity index (χ4v) is 1.99. The predicted molar refractivity (Wildman–Crippen MR) is 67.6 cm³/mol. The molecular formula is C11H10Cl2N2O2. The monoisotopic (exact) mass is 272 g/mol. The molecule has 0 bridgehead atoms. The third kappa shape index (κ3) is 2.39. The number of fused-ring (bicyclic) bond motifs is 1. The lowest BCUT2D eigenvalue weighted by molar-refractivity contribution is -0.138. The summed E-state index contributed by atoms with van der Waals surface area (Å²) < 4.78 is 0. The van der Waals surface area contributed by atoms with Crippen LogP contribution < -0.4 is 5.73 Å². The molecule has 6 heteroatoms. The fourth-order valence-electron chi connectivity index (χ4n) is 1.67. The van der Waals surface area contributed by atoms with Gasteiger partial charge in [0.25, 0.3) is 0 Å². The van der Waals surface area contributed by atoms with Crippen molar-refractivity contribution in [3.8, 4) is 0 Å². The number of carboxylic acid groups (broad SMARTS) is 1. The molecule has 0 aliphatic carbocycles. The molecule has 90 valence electrons. The van der Waals surface area contributed by atoms with E-state index < -0.39 is 12.0 Å². The normalized spacial score (nSPS) is 12.9. The van der Waals surface area contributed by atoms with Crippen LogP contribution in [0.4, 0.5) is 0 Å². The van der Waals surface area contributed by atoms with E-state index in [-0.39, 0.29) is 6.42 Å². The van der Waals surface area contributed by atoms with Crippen LogP contribution in [-0.2, 0) is 11.2 Å². The number of benzene rings is 1. The molecule has 0 fully saturated rings. The van der Waals surface area contributed by atoms with Crippen molar-refractivity contribution in [2.75, 3.05) is 0 Å². The molecule has 0 saturated carbocycles. The topological polar surface area (TPSA) is 79.1 Å². The summed E-state index contributed by atoms with van der Waals surface area (Å²) in [6, 6.07) is 2.48. The van der Waals surface area contributed by atoms with Gasteiger partial charge in [0.05, 0.1) is 10.0 Å². The van der Waals surface area contributed by atoms with E-state index >= 15 is 0 Å². The van der Waals surface area contributed by atoms with Crippen LogP contribution in [0.5, 0.6) is 0 Å². The number of aromatic nitrogens is 1. The maximum Gasteiger partial charge on any atom is 0.320 e. The average molecular weight is 273 g/mol. The quantitative estimate of drug-likeness (QED) is 0.803. The lowest BCUT2D eigenvalue weighted by atomic mass is 10.1. The second-order valence-corrected chi connectivity index (χ2v) is 4.59. The molecule has 0 radical (unpaired) electrons. The molecule has 0 aliphatic rings. The molecule has 2 rings (SSSR count). The van der Waals surface area contributed by atoms with E-state index in [9.17, 15) is 4.79 Å². The SMILES string of the molecule is NC(Cc1c[nH]c2cc(Cl)c(Cl)cc12)C(=O)O. The summed E-state index contributed by atoms with van der Waals surface area (Å²) in [4.78, 5) is 13.7. The predicted octanol–water partition coefficient (Wildman–Crippen LogP) is 2.43. The minimum Gasteiger partial charge on any atom is -0.480 e. The van der Waals surface area contributed by atoms with Gasteiger partial charge in [-0.3, -0.25) is 4.79 Å². The van der Waals surface area contributed by atoms with E-state index in [2.05, 4.69) is 4.98 Å². The summed E-state index contributed by atoms with van der Waals surface area (Å²) in [5.74, 6) is -1.03. The van der Waals surface area contributed by atoms with Gasteiger partial charge in [0.2, 0.25) is 0 Å². The van der Waals surface area contributed by atoms with Crippen LogP contribution in [0.3, 0.4) is 0 Å². The van der Waals surface area contributed by atoms with E-state index in [1.54, 1.807) is 18.3 Å². The first kappa shape index (κ1) is 12.2. The Bertz CT molecular complexity index is 580. The molecule has 1 unspecified atom stereocenters. The number of carboxylic acids is 1. The van der Waals surface area contributed by atoms with Crippen LogP contribution >= 0.6 is 23.2 Å². The van der Waals surface area contributed by atoms with E-state index in [1.807, 2.05) is 0 Å². The highest BCUT2D eigenvalue weighted by Crippen LogP contribution is 2.29. The number of halogens is 2. The van der Waals surface area contributed by atoms with Gasteiger partial charge in [-0.2, -0.15) is 0 Å². The Morgan fingerprint density at radius 3 is 2.71 bits per heavy atom. The Labute approximate surface area is 107 Å². The highest BCUT2D eigenvalue weighted by molar-refractivity contribution is 6.42. The van der Waals surface area contributed by atoms with Crippen LogP contribution in [0.1, 0.15) is 5.56 Å². The molecule has 2 aromatic rings. The van der Waals surface area contributed by atoms with Gasteiger partial charge in [-0.25, -0.2) is 0 Å². The third-order valence-electron chi connectivity index (χ3n) is 2.57. The Kier molecular flexibility index (Phi) is 3.28. The number of nitrogens with one attached hydrogen (secondary N) is 1. The van der Waals surface area contributed by atoms with Crippen molar-refractivity contribution >= 4 is 40.1 Å². The Hall–Kier alpha value is -1.23. The summed E-state index contributed by atoms with van der Waals surface area (Å²) in [6.07, 6.45) is 1.97. The van der Waals surface area contributed by atoms with Crippen molar-refractivity contribution in [1.82, 2.24) is 4.98 Å². The van der Waals surface area contributed by atoms with E-state index in [1.165, 1.54) is 0 Å². The van der Waals surface area contributed by atoms with Gasteiger partial charge in [0.15, 0.2) is 0 Å². The third-order valence-corrected chi connectivity index (χ3v) is 3.29. The number of aliphatic carboxylic acids is 1. The van der Waals surface area contributed by atoms with Crippen molar-refractivity contribution in [3.05, 3.63) is 33.9 Å². The van der Waals surface area contributed by atoms with Crippen LogP contribution in [0.2, 0.25) is 10.0 Å². The molecule has 1 aromatic carbocycles. The first-order chi connectivity index (χ1) is 7.99. The minimum absolute atomic E-state index is 0.243. The molecule has 0 saturated heterocycles. The van der Waals surface area contributed by atoms with Crippen molar-refractivity contribution < 1.29 is 9.90 Å². The first-order valence-corrected chi connectivity index (χ1v) is 5.68. The molecule has 1 aromatic heterocycles. The highest BCUT2D eigenvalue weighted by atomic mass is 35.5. The van der Waals surface area contributed by atoms with Crippen LogP contribution in [0.15, 0.2) is 18.3 Å².